The van der Waals surface area contributed by atoms with E-state index in [0.29, 0.717) is 22.9 Å². The zero-order valence-corrected chi connectivity index (χ0v) is 8.82. The van der Waals surface area contributed by atoms with Crippen LogP contribution in [-0.4, -0.2) is 32.5 Å². The van der Waals surface area contributed by atoms with Crippen LogP contribution in [0.5, 0.6) is 17.2 Å². The lowest BCUT2D eigenvalue weighted by molar-refractivity contribution is 0.201. The van der Waals surface area contributed by atoms with Gasteiger partial charge in [0.25, 0.3) is 0 Å². The van der Waals surface area contributed by atoms with E-state index in [-0.39, 0.29) is 13.2 Å². The third-order valence-electron chi connectivity index (χ3n) is 1.86. The molecule has 84 valence electrons. The molecule has 15 heavy (non-hydrogen) atoms. The highest BCUT2D eigenvalue weighted by molar-refractivity contribution is 5.61. The first-order valence-electron chi connectivity index (χ1n) is 4.48. The van der Waals surface area contributed by atoms with Gasteiger partial charge >= 0.3 is 0 Å². The third kappa shape index (κ3) is 2.66. The van der Waals surface area contributed by atoms with E-state index in [0.717, 1.165) is 0 Å². The summed E-state index contributed by atoms with van der Waals surface area (Å²) in [7, 11) is 3.06. The lowest BCUT2D eigenvalue weighted by Crippen LogP contribution is -2.04. The first kappa shape index (κ1) is 11.5. The highest BCUT2D eigenvalue weighted by Crippen LogP contribution is 2.36. The van der Waals surface area contributed by atoms with Crippen LogP contribution in [0, 0.1) is 0 Å². The molecule has 0 aliphatic carbocycles. The minimum absolute atomic E-state index is 0.0617. The summed E-state index contributed by atoms with van der Waals surface area (Å²) in [5.74, 6) is 1.56. The number of benzene rings is 1. The van der Waals surface area contributed by atoms with E-state index in [1.54, 1.807) is 12.1 Å². The van der Waals surface area contributed by atoms with Crippen LogP contribution in [0.3, 0.4) is 0 Å². The topological polar surface area (TPSA) is 73.9 Å². The van der Waals surface area contributed by atoms with E-state index in [1.165, 1.54) is 14.2 Å². The highest BCUT2D eigenvalue weighted by Gasteiger charge is 2.09. The van der Waals surface area contributed by atoms with E-state index in [9.17, 15) is 0 Å². The van der Waals surface area contributed by atoms with Gasteiger partial charge in [-0.15, -0.1) is 0 Å². The fourth-order valence-electron chi connectivity index (χ4n) is 1.16. The molecule has 0 amide bonds. The first-order chi connectivity index (χ1) is 7.22. The van der Waals surface area contributed by atoms with Gasteiger partial charge in [0.05, 0.1) is 26.5 Å². The Kier molecular flexibility index (Phi) is 4.05. The predicted octanol–water partition coefficient (Wildman–Crippen LogP) is 0.657. The van der Waals surface area contributed by atoms with Crippen molar-refractivity contribution in [2.75, 3.05) is 33.2 Å². The molecule has 0 unspecified atom stereocenters. The Labute approximate surface area is 88.4 Å². The van der Waals surface area contributed by atoms with Gasteiger partial charge < -0.3 is 25.1 Å². The molecule has 1 aromatic rings. The second-order valence-corrected chi connectivity index (χ2v) is 2.82. The Morgan fingerprint density at radius 3 is 2.27 bits per heavy atom. The SMILES string of the molecule is COc1cc(N)c(OCCO)cc1OC. The van der Waals surface area contributed by atoms with Gasteiger partial charge in [-0.05, 0) is 0 Å². The molecule has 0 radical (unpaired) electrons. The Hall–Kier alpha value is -1.62. The van der Waals surface area contributed by atoms with Crippen molar-refractivity contribution in [2.45, 2.75) is 0 Å². The first-order valence-corrected chi connectivity index (χ1v) is 4.48. The van der Waals surface area contributed by atoms with Crippen molar-refractivity contribution in [2.24, 2.45) is 0 Å². The van der Waals surface area contributed by atoms with Gasteiger partial charge in [-0.1, -0.05) is 0 Å². The third-order valence-corrected chi connectivity index (χ3v) is 1.86. The van der Waals surface area contributed by atoms with Gasteiger partial charge in [0.15, 0.2) is 11.5 Å². The summed E-state index contributed by atoms with van der Waals surface area (Å²) < 4.78 is 15.4. The van der Waals surface area contributed by atoms with Crippen molar-refractivity contribution >= 4 is 5.69 Å². The van der Waals surface area contributed by atoms with E-state index in [1.807, 2.05) is 0 Å². The predicted molar refractivity (Wildman–Crippen MR) is 56.5 cm³/mol. The second-order valence-electron chi connectivity index (χ2n) is 2.82. The summed E-state index contributed by atoms with van der Waals surface area (Å²) in [6.07, 6.45) is 0. The maximum Gasteiger partial charge on any atom is 0.164 e. The summed E-state index contributed by atoms with van der Waals surface area (Å²) in [6, 6.07) is 3.25. The van der Waals surface area contributed by atoms with E-state index >= 15 is 0 Å². The number of rotatable bonds is 5. The molecule has 1 aromatic carbocycles. The molecule has 0 aliphatic rings. The van der Waals surface area contributed by atoms with Crippen LogP contribution in [0.25, 0.3) is 0 Å². The van der Waals surface area contributed by atoms with Crippen LogP contribution in [0.2, 0.25) is 0 Å². The molecule has 0 aromatic heterocycles. The van der Waals surface area contributed by atoms with Gasteiger partial charge in [0, 0.05) is 12.1 Å². The van der Waals surface area contributed by atoms with Crippen molar-refractivity contribution in [1.29, 1.82) is 0 Å². The molecule has 0 bridgehead atoms. The van der Waals surface area contributed by atoms with Crippen LogP contribution in [-0.2, 0) is 0 Å². The number of nitrogen functional groups attached to an aromatic ring is 1. The Morgan fingerprint density at radius 1 is 1.13 bits per heavy atom. The maximum atomic E-state index is 8.62. The summed E-state index contributed by atoms with van der Waals surface area (Å²) in [5, 5.41) is 8.62. The standard InChI is InChI=1S/C10H15NO4/c1-13-9-5-7(11)8(15-4-3-12)6-10(9)14-2/h5-6,12H,3-4,11H2,1-2H3. The molecule has 5 nitrogen and oxygen atoms in total. The Morgan fingerprint density at radius 2 is 1.73 bits per heavy atom. The summed E-state index contributed by atoms with van der Waals surface area (Å²) >= 11 is 0. The zero-order chi connectivity index (χ0) is 11.3. The molecule has 0 heterocycles. The van der Waals surface area contributed by atoms with Crippen molar-refractivity contribution in [1.82, 2.24) is 0 Å². The number of ether oxygens (including phenoxy) is 3. The van der Waals surface area contributed by atoms with Gasteiger partial charge in [-0.25, -0.2) is 0 Å². The average Bonchev–Trinajstić information content (AvgIpc) is 2.27. The molecule has 0 atom stereocenters. The smallest absolute Gasteiger partial charge is 0.164 e. The molecule has 0 fully saturated rings. The lowest BCUT2D eigenvalue weighted by atomic mass is 10.2. The van der Waals surface area contributed by atoms with Crippen LogP contribution in [0.1, 0.15) is 0 Å². The fourth-order valence-corrected chi connectivity index (χ4v) is 1.16. The monoisotopic (exact) mass is 213 g/mol. The highest BCUT2D eigenvalue weighted by atomic mass is 16.5. The van der Waals surface area contributed by atoms with Crippen molar-refractivity contribution in [3.8, 4) is 17.2 Å². The van der Waals surface area contributed by atoms with Crippen molar-refractivity contribution < 1.29 is 19.3 Å². The summed E-state index contributed by atoms with van der Waals surface area (Å²) in [5.41, 5.74) is 6.16. The van der Waals surface area contributed by atoms with E-state index in [2.05, 4.69) is 0 Å². The number of methoxy groups -OCH3 is 2. The molecule has 0 saturated heterocycles. The number of anilines is 1. The minimum atomic E-state index is -0.0617. The molecule has 3 N–H and O–H groups in total. The number of nitrogens with two attached hydrogens (primary N) is 1. The molecule has 0 saturated carbocycles. The number of aliphatic hydroxyl groups excluding tert-OH is 1. The maximum absolute atomic E-state index is 8.62. The van der Waals surface area contributed by atoms with Gasteiger partial charge in [-0.3, -0.25) is 0 Å². The lowest BCUT2D eigenvalue weighted by Gasteiger charge is -2.12. The minimum Gasteiger partial charge on any atom is -0.493 e. The van der Waals surface area contributed by atoms with E-state index in [4.69, 9.17) is 25.1 Å². The quantitative estimate of drug-likeness (QED) is 0.703. The molecule has 0 aliphatic heterocycles. The van der Waals surface area contributed by atoms with Crippen molar-refractivity contribution in [3.63, 3.8) is 0 Å². The largest absolute Gasteiger partial charge is 0.493 e. The molecular formula is C10H15NO4. The van der Waals surface area contributed by atoms with Crippen LogP contribution < -0.4 is 19.9 Å². The molecular weight excluding hydrogens is 198 g/mol. The van der Waals surface area contributed by atoms with E-state index < -0.39 is 0 Å². The van der Waals surface area contributed by atoms with Crippen LogP contribution >= 0.6 is 0 Å². The number of aliphatic hydroxyl groups is 1. The van der Waals surface area contributed by atoms with Gasteiger partial charge in [0.2, 0.25) is 0 Å². The zero-order valence-electron chi connectivity index (χ0n) is 8.82. The average molecular weight is 213 g/mol. The fraction of sp³-hybridized carbons (Fsp3) is 0.400. The second kappa shape index (κ2) is 5.31. The Balaban J connectivity index is 2.97. The van der Waals surface area contributed by atoms with Crippen molar-refractivity contribution in [3.05, 3.63) is 12.1 Å². The number of hydrogen-bond acceptors (Lipinski definition) is 5. The number of hydrogen-bond donors (Lipinski definition) is 2. The van der Waals surface area contributed by atoms with Crippen LogP contribution in [0.15, 0.2) is 12.1 Å². The molecule has 1 rings (SSSR count). The normalized spacial score (nSPS) is 9.80. The van der Waals surface area contributed by atoms with Gasteiger partial charge in [0.1, 0.15) is 12.4 Å². The molecule has 0 spiro atoms. The molecule has 5 heteroatoms. The Bertz CT molecular complexity index is 327. The van der Waals surface area contributed by atoms with Gasteiger partial charge in [-0.2, -0.15) is 0 Å². The van der Waals surface area contributed by atoms with Crippen LogP contribution in [0.4, 0.5) is 5.69 Å². The summed E-state index contributed by atoms with van der Waals surface area (Å²) in [6.45, 7) is 0.132. The summed E-state index contributed by atoms with van der Waals surface area (Å²) in [4.78, 5) is 0.